The summed E-state index contributed by atoms with van der Waals surface area (Å²) in [5.74, 6) is -0.0834. The van der Waals surface area contributed by atoms with Crippen molar-refractivity contribution >= 4 is 37.9 Å². The number of benzene rings is 1. The van der Waals surface area contributed by atoms with E-state index in [2.05, 4.69) is 46.8 Å². The molecular weight excluding hydrogens is 492 g/mol. The summed E-state index contributed by atoms with van der Waals surface area (Å²) in [4.78, 5) is 13.1. The van der Waals surface area contributed by atoms with Crippen LogP contribution in [-0.4, -0.2) is 38.3 Å². The first kappa shape index (κ1) is 22.2. The van der Waals surface area contributed by atoms with E-state index in [1.54, 1.807) is 6.20 Å². The Morgan fingerprint density at radius 2 is 2.09 bits per heavy atom. The molecule has 1 fully saturated rings. The van der Waals surface area contributed by atoms with E-state index in [1.807, 2.05) is 25.4 Å². The van der Waals surface area contributed by atoms with Crippen molar-refractivity contribution in [3.8, 4) is 5.88 Å². The normalized spacial score (nSPS) is 19.4. The molecule has 1 aliphatic heterocycles. The van der Waals surface area contributed by atoms with Gasteiger partial charge in [0, 0.05) is 34.6 Å². The monoisotopic (exact) mass is 515 g/mol. The van der Waals surface area contributed by atoms with E-state index in [0.29, 0.717) is 17.9 Å². The number of aromatic nitrogens is 4. The summed E-state index contributed by atoms with van der Waals surface area (Å²) in [6.07, 6.45) is 5.63. The summed E-state index contributed by atoms with van der Waals surface area (Å²) >= 11 is 3.54. The molecule has 172 valence electrons. The second-order valence-corrected chi connectivity index (χ2v) is 9.42. The fraction of sp³-hybridized carbons (Fsp3) is 0.375. The van der Waals surface area contributed by atoms with Crippen LogP contribution in [0.3, 0.4) is 0 Å². The third-order valence-corrected chi connectivity index (χ3v) is 6.52. The second kappa shape index (κ2) is 9.30. The molecule has 0 unspecified atom stereocenters. The topological polar surface area (TPSA) is 64.9 Å². The van der Waals surface area contributed by atoms with Gasteiger partial charge in [0.15, 0.2) is 0 Å². The zero-order chi connectivity index (χ0) is 22.9. The lowest BCUT2D eigenvalue weighted by Crippen LogP contribution is -2.19. The highest BCUT2D eigenvalue weighted by Crippen LogP contribution is 2.32. The molecule has 1 aliphatic rings. The van der Waals surface area contributed by atoms with Crippen LogP contribution in [0.15, 0.2) is 47.5 Å². The van der Waals surface area contributed by atoms with Crippen molar-refractivity contribution in [3.63, 3.8) is 0 Å². The third-order valence-electron chi connectivity index (χ3n) is 6.03. The number of ether oxygens (including phenoxy) is 1. The third kappa shape index (κ3) is 4.70. The highest BCUT2D eigenvalue weighted by atomic mass is 79.9. The van der Waals surface area contributed by atoms with E-state index in [-0.39, 0.29) is 18.7 Å². The Labute approximate surface area is 198 Å². The van der Waals surface area contributed by atoms with Crippen LogP contribution >= 0.6 is 15.9 Å². The first-order valence-corrected chi connectivity index (χ1v) is 11.9. The zero-order valence-corrected chi connectivity index (χ0v) is 19.7. The molecule has 4 aromatic rings. The van der Waals surface area contributed by atoms with Crippen LogP contribution in [0.25, 0.3) is 21.9 Å². The summed E-state index contributed by atoms with van der Waals surface area (Å²) in [6.45, 7) is 3.00. The van der Waals surface area contributed by atoms with Gasteiger partial charge in [-0.1, -0.05) is 15.9 Å². The maximum absolute atomic E-state index is 13.8. The smallest absolute Gasteiger partial charge is 0.218 e. The van der Waals surface area contributed by atoms with Gasteiger partial charge in [0.25, 0.3) is 0 Å². The first-order valence-electron chi connectivity index (χ1n) is 11.1. The molecule has 1 saturated heterocycles. The summed E-state index contributed by atoms with van der Waals surface area (Å²) in [5.41, 5.74) is 3.42. The Bertz CT molecular complexity index is 1300. The van der Waals surface area contributed by atoms with Crippen LogP contribution in [-0.2, 0) is 6.54 Å². The van der Waals surface area contributed by atoms with E-state index >= 15 is 0 Å². The lowest BCUT2D eigenvalue weighted by atomic mass is 10.1. The SMILES string of the molecule is C[C@@H](CCCn1cnc2cnc3ccc(Br)cc3c21)Oc1ncc(F)cc1[C@H]1C[C@H](F)CN1. The Morgan fingerprint density at radius 1 is 1.21 bits per heavy atom. The van der Waals surface area contributed by atoms with Crippen molar-refractivity contribution < 1.29 is 13.5 Å². The number of halogens is 3. The molecule has 33 heavy (non-hydrogen) atoms. The number of rotatable bonds is 7. The molecule has 5 rings (SSSR count). The van der Waals surface area contributed by atoms with Crippen LogP contribution < -0.4 is 10.1 Å². The molecule has 3 atom stereocenters. The van der Waals surface area contributed by atoms with Crippen LogP contribution in [0.5, 0.6) is 5.88 Å². The van der Waals surface area contributed by atoms with Crippen molar-refractivity contribution in [2.45, 2.75) is 51.0 Å². The van der Waals surface area contributed by atoms with E-state index in [4.69, 9.17) is 4.74 Å². The van der Waals surface area contributed by atoms with Crippen molar-refractivity contribution in [2.75, 3.05) is 6.54 Å². The van der Waals surface area contributed by atoms with Crippen molar-refractivity contribution in [1.29, 1.82) is 0 Å². The van der Waals surface area contributed by atoms with Gasteiger partial charge >= 0.3 is 0 Å². The quantitative estimate of drug-likeness (QED) is 0.352. The van der Waals surface area contributed by atoms with Gasteiger partial charge in [-0.2, -0.15) is 0 Å². The number of alkyl halides is 1. The van der Waals surface area contributed by atoms with E-state index < -0.39 is 12.0 Å². The minimum atomic E-state index is -0.944. The molecule has 6 nitrogen and oxygen atoms in total. The summed E-state index contributed by atoms with van der Waals surface area (Å²) in [7, 11) is 0. The minimum Gasteiger partial charge on any atom is -0.474 e. The van der Waals surface area contributed by atoms with Crippen LogP contribution in [0.1, 0.15) is 37.8 Å². The van der Waals surface area contributed by atoms with Crippen LogP contribution in [0.2, 0.25) is 0 Å². The minimum absolute atomic E-state index is 0.133. The number of hydrogen-bond acceptors (Lipinski definition) is 5. The Hall–Kier alpha value is -2.65. The molecule has 0 saturated carbocycles. The van der Waals surface area contributed by atoms with Gasteiger partial charge in [-0.05, 0) is 50.5 Å². The summed E-state index contributed by atoms with van der Waals surface area (Å²) in [5, 5.41) is 4.14. The van der Waals surface area contributed by atoms with Gasteiger partial charge in [0.2, 0.25) is 5.88 Å². The van der Waals surface area contributed by atoms with E-state index in [1.165, 1.54) is 6.07 Å². The number of hydrogen-bond donors (Lipinski definition) is 1. The molecule has 0 spiro atoms. The average molecular weight is 516 g/mol. The number of nitrogens with one attached hydrogen (secondary N) is 1. The molecule has 1 N–H and O–H groups in total. The van der Waals surface area contributed by atoms with E-state index in [0.717, 1.165) is 52.0 Å². The zero-order valence-electron chi connectivity index (χ0n) is 18.1. The lowest BCUT2D eigenvalue weighted by molar-refractivity contribution is 0.193. The molecule has 9 heteroatoms. The van der Waals surface area contributed by atoms with Gasteiger partial charge in [-0.3, -0.25) is 4.98 Å². The van der Waals surface area contributed by atoms with Crippen molar-refractivity contribution in [2.24, 2.45) is 0 Å². The van der Waals surface area contributed by atoms with Gasteiger partial charge in [0.05, 0.1) is 35.9 Å². The molecule has 0 amide bonds. The molecule has 0 radical (unpaired) electrons. The van der Waals surface area contributed by atoms with Crippen molar-refractivity contribution in [3.05, 3.63) is 58.8 Å². The molecule has 0 aliphatic carbocycles. The van der Waals surface area contributed by atoms with Crippen LogP contribution in [0.4, 0.5) is 8.78 Å². The molecule has 1 aromatic carbocycles. The summed E-state index contributed by atoms with van der Waals surface area (Å²) < 4.78 is 36.7. The second-order valence-electron chi connectivity index (χ2n) is 8.50. The lowest BCUT2D eigenvalue weighted by Gasteiger charge is -2.19. The predicted molar refractivity (Wildman–Crippen MR) is 127 cm³/mol. The Kier molecular flexibility index (Phi) is 6.25. The molecule has 0 bridgehead atoms. The average Bonchev–Trinajstić information content (AvgIpc) is 3.41. The highest BCUT2D eigenvalue weighted by molar-refractivity contribution is 9.10. The standard InChI is InChI=1S/C24H24BrF2N5O/c1-14(33-24-19(8-16(26)11-30-24)21-9-17(27)10-28-21)3-2-6-32-13-31-22-12-29-20-5-4-15(25)7-18(20)23(22)32/h4-5,7-8,11-14,17,21,28H,2-3,6,9-10H2,1H3/t14-,17-,21+/m0/s1. The number of aryl methyl sites for hydroxylation is 1. The molecular formula is C24H24BrF2N5O. The largest absolute Gasteiger partial charge is 0.474 e. The molecule has 4 heterocycles. The fourth-order valence-corrected chi connectivity index (χ4v) is 4.78. The number of pyridine rings is 2. The maximum Gasteiger partial charge on any atom is 0.218 e. The van der Waals surface area contributed by atoms with Gasteiger partial charge in [0.1, 0.15) is 17.5 Å². The molecule has 3 aromatic heterocycles. The van der Waals surface area contributed by atoms with Crippen LogP contribution in [0, 0.1) is 5.82 Å². The van der Waals surface area contributed by atoms with Gasteiger partial charge in [-0.25, -0.2) is 18.7 Å². The fourth-order valence-electron chi connectivity index (χ4n) is 4.41. The van der Waals surface area contributed by atoms with Crippen molar-refractivity contribution in [1.82, 2.24) is 24.8 Å². The number of imidazole rings is 1. The number of nitrogens with zero attached hydrogens (tertiary/aromatic N) is 4. The van der Waals surface area contributed by atoms with E-state index in [9.17, 15) is 8.78 Å². The van der Waals surface area contributed by atoms with Gasteiger partial charge < -0.3 is 14.6 Å². The Morgan fingerprint density at radius 3 is 2.91 bits per heavy atom. The summed E-state index contributed by atoms with van der Waals surface area (Å²) in [6, 6.07) is 7.13. The number of fused-ring (bicyclic) bond motifs is 3. The Balaban J connectivity index is 1.27. The first-order chi connectivity index (χ1) is 16.0. The highest BCUT2D eigenvalue weighted by Gasteiger charge is 2.28. The van der Waals surface area contributed by atoms with Gasteiger partial charge in [-0.15, -0.1) is 0 Å². The predicted octanol–water partition coefficient (Wildman–Crippen LogP) is 5.50. The maximum atomic E-state index is 13.8.